The van der Waals surface area contributed by atoms with Gasteiger partial charge in [-0.05, 0) is 50.3 Å². The van der Waals surface area contributed by atoms with E-state index in [1.54, 1.807) is 0 Å². The maximum Gasteiger partial charge on any atom is 0.129 e. The highest BCUT2D eigenvalue weighted by Crippen LogP contribution is 2.37. The molecule has 1 aromatic rings. The molecule has 0 aromatic heterocycles. The molecule has 0 bridgehead atoms. The second kappa shape index (κ2) is 7.27. The van der Waals surface area contributed by atoms with Crippen molar-refractivity contribution in [1.82, 2.24) is 4.90 Å². The highest BCUT2D eigenvalue weighted by atomic mass is 19.1. The number of halogens is 2. The molecule has 4 heteroatoms. The van der Waals surface area contributed by atoms with Gasteiger partial charge in [-0.3, -0.25) is 4.90 Å². The zero-order valence-electron chi connectivity index (χ0n) is 13.7. The van der Waals surface area contributed by atoms with Crippen molar-refractivity contribution < 1.29 is 13.9 Å². The van der Waals surface area contributed by atoms with Gasteiger partial charge in [-0.15, -0.1) is 0 Å². The summed E-state index contributed by atoms with van der Waals surface area (Å²) >= 11 is 0. The van der Waals surface area contributed by atoms with Gasteiger partial charge < -0.3 is 5.11 Å². The van der Waals surface area contributed by atoms with Crippen molar-refractivity contribution >= 4 is 0 Å². The van der Waals surface area contributed by atoms with Gasteiger partial charge in [-0.1, -0.05) is 25.3 Å². The molecular weight excluding hydrogens is 296 g/mol. The molecule has 1 aliphatic heterocycles. The number of aliphatic hydroxyl groups is 1. The number of hydrogen-bond acceptors (Lipinski definition) is 2. The van der Waals surface area contributed by atoms with E-state index >= 15 is 0 Å². The van der Waals surface area contributed by atoms with E-state index in [0.717, 1.165) is 32.0 Å². The molecule has 0 unspecified atom stereocenters. The summed E-state index contributed by atoms with van der Waals surface area (Å²) in [6, 6.07) is 4.41. The summed E-state index contributed by atoms with van der Waals surface area (Å²) in [5, 5.41) is 10.0. The Kier molecular flexibility index (Phi) is 5.32. The number of benzene rings is 1. The van der Waals surface area contributed by atoms with Crippen molar-refractivity contribution in [2.45, 2.75) is 57.4 Å². The monoisotopic (exact) mass is 323 g/mol. The van der Waals surface area contributed by atoms with E-state index in [1.807, 2.05) is 0 Å². The van der Waals surface area contributed by atoms with Crippen LogP contribution in [0.15, 0.2) is 18.2 Å². The van der Waals surface area contributed by atoms with Crippen LogP contribution in [0.1, 0.15) is 50.5 Å². The van der Waals surface area contributed by atoms with Crippen molar-refractivity contribution in [2.75, 3.05) is 19.7 Å². The number of hydrogen-bond donors (Lipinski definition) is 1. The van der Waals surface area contributed by atoms with Crippen molar-refractivity contribution in [3.05, 3.63) is 35.4 Å². The molecule has 0 amide bonds. The average molecular weight is 323 g/mol. The normalized spacial score (nSPS) is 27.3. The summed E-state index contributed by atoms with van der Waals surface area (Å²) in [6.07, 6.45) is 8.83. The minimum Gasteiger partial charge on any atom is -0.396 e. The number of rotatable bonds is 4. The Hall–Kier alpha value is -1.00. The van der Waals surface area contributed by atoms with Gasteiger partial charge >= 0.3 is 0 Å². The maximum atomic E-state index is 14.0. The van der Waals surface area contributed by atoms with Gasteiger partial charge in [0, 0.05) is 24.1 Å². The van der Waals surface area contributed by atoms with E-state index in [0.29, 0.717) is 18.0 Å². The van der Waals surface area contributed by atoms with Crippen molar-refractivity contribution in [1.29, 1.82) is 0 Å². The lowest BCUT2D eigenvalue weighted by atomic mass is 9.74. The molecule has 2 nitrogen and oxygen atoms in total. The Bertz CT molecular complexity index is 530. The summed E-state index contributed by atoms with van der Waals surface area (Å²) < 4.78 is 27.1. The topological polar surface area (TPSA) is 23.5 Å². The summed E-state index contributed by atoms with van der Waals surface area (Å²) in [5.41, 5.74) is 0.222. The van der Waals surface area contributed by atoms with Crippen LogP contribution in [0.4, 0.5) is 8.78 Å². The Morgan fingerprint density at radius 1 is 1.13 bits per heavy atom. The lowest BCUT2D eigenvalue weighted by Gasteiger charge is -2.46. The molecule has 1 N–H and O–H groups in total. The second-order valence-electron chi connectivity index (χ2n) is 7.44. The fraction of sp³-hybridized carbons (Fsp3) is 0.684. The Balaban J connectivity index is 1.73. The molecule has 1 saturated heterocycles. The van der Waals surface area contributed by atoms with Gasteiger partial charge in [0.15, 0.2) is 0 Å². The lowest BCUT2D eigenvalue weighted by Crippen LogP contribution is -2.51. The highest BCUT2D eigenvalue weighted by Gasteiger charge is 2.38. The van der Waals surface area contributed by atoms with Crippen LogP contribution in [0.25, 0.3) is 0 Å². The van der Waals surface area contributed by atoms with E-state index in [2.05, 4.69) is 4.90 Å². The van der Waals surface area contributed by atoms with Crippen molar-refractivity contribution in [3.8, 4) is 0 Å². The first-order chi connectivity index (χ1) is 11.1. The van der Waals surface area contributed by atoms with Gasteiger partial charge in [0.25, 0.3) is 0 Å². The minimum atomic E-state index is -0.545. The molecular formula is C19H27F2NO. The number of piperidine rings is 1. The van der Waals surface area contributed by atoms with Gasteiger partial charge in [0.05, 0.1) is 6.61 Å². The Morgan fingerprint density at radius 2 is 1.91 bits per heavy atom. The zero-order chi connectivity index (χ0) is 16.3. The molecule has 3 rings (SSSR count). The Labute approximate surface area is 137 Å². The fourth-order valence-corrected chi connectivity index (χ4v) is 4.40. The van der Waals surface area contributed by atoms with Gasteiger partial charge in [0.2, 0.25) is 0 Å². The van der Waals surface area contributed by atoms with E-state index < -0.39 is 11.6 Å². The summed E-state index contributed by atoms with van der Waals surface area (Å²) in [6.45, 7) is 1.97. The Morgan fingerprint density at radius 3 is 2.61 bits per heavy atom. The SMILES string of the molecule is OC[C@]1(Cc2ccc(F)cc2F)CCCN(C2CCCCC2)C1. The predicted octanol–water partition coefficient (Wildman–Crippen LogP) is 3.91. The molecule has 1 heterocycles. The summed E-state index contributed by atoms with van der Waals surface area (Å²) in [7, 11) is 0. The molecule has 1 aliphatic carbocycles. The number of aliphatic hydroxyl groups excluding tert-OH is 1. The largest absolute Gasteiger partial charge is 0.396 e. The van der Waals surface area contributed by atoms with E-state index in [1.165, 1.54) is 44.2 Å². The van der Waals surface area contributed by atoms with Crippen LogP contribution in [-0.4, -0.2) is 35.7 Å². The standard InChI is InChI=1S/C19H27F2NO/c20-16-8-7-15(18(21)11-16)12-19(14-23)9-4-10-22(13-19)17-5-2-1-3-6-17/h7-8,11,17,23H,1-6,9-10,12-14H2/t19-/m0/s1. The van der Waals surface area contributed by atoms with Gasteiger partial charge in [-0.25, -0.2) is 8.78 Å². The quantitative estimate of drug-likeness (QED) is 0.908. The molecule has 0 spiro atoms. The summed E-state index contributed by atoms with van der Waals surface area (Å²) in [4.78, 5) is 2.51. The fourth-order valence-electron chi connectivity index (χ4n) is 4.40. The zero-order valence-corrected chi connectivity index (χ0v) is 13.7. The first-order valence-electron chi connectivity index (χ1n) is 8.91. The molecule has 1 saturated carbocycles. The smallest absolute Gasteiger partial charge is 0.129 e. The van der Waals surface area contributed by atoms with Gasteiger partial charge in [0.1, 0.15) is 11.6 Å². The van der Waals surface area contributed by atoms with Crippen LogP contribution in [0.2, 0.25) is 0 Å². The van der Waals surface area contributed by atoms with Crippen LogP contribution in [0.5, 0.6) is 0 Å². The molecule has 1 aromatic carbocycles. The lowest BCUT2D eigenvalue weighted by molar-refractivity contribution is 0.00406. The third kappa shape index (κ3) is 3.92. The third-order valence-electron chi connectivity index (χ3n) is 5.70. The molecule has 0 radical (unpaired) electrons. The predicted molar refractivity (Wildman–Crippen MR) is 87.3 cm³/mol. The van der Waals surface area contributed by atoms with Crippen LogP contribution in [0, 0.1) is 17.0 Å². The first kappa shape index (κ1) is 16.8. The van der Waals surface area contributed by atoms with Crippen LogP contribution >= 0.6 is 0 Å². The average Bonchev–Trinajstić information content (AvgIpc) is 2.58. The summed E-state index contributed by atoms with van der Waals surface area (Å²) in [5.74, 6) is -1.04. The van der Waals surface area contributed by atoms with E-state index in [4.69, 9.17) is 0 Å². The van der Waals surface area contributed by atoms with Crippen molar-refractivity contribution in [3.63, 3.8) is 0 Å². The van der Waals surface area contributed by atoms with Crippen LogP contribution in [0.3, 0.4) is 0 Å². The second-order valence-corrected chi connectivity index (χ2v) is 7.44. The van der Waals surface area contributed by atoms with Crippen molar-refractivity contribution in [2.24, 2.45) is 5.41 Å². The van der Waals surface area contributed by atoms with Crippen LogP contribution in [-0.2, 0) is 6.42 Å². The molecule has 23 heavy (non-hydrogen) atoms. The van der Waals surface area contributed by atoms with Crippen LogP contribution < -0.4 is 0 Å². The minimum absolute atomic E-state index is 0.0625. The molecule has 2 fully saturated rings. The number of likely N-dealkylation sites (tertiary alicyclic amines) is 1. The number of nitrogens with zero attached hydrogens (tertiary/aromatic N) is 1. The van der Waals surface area contributed by atoms with E-state index in [-0.39, 0.29) is 12.0 Å². The van der Waals surface area contributed by atoms with Gasteiger partial charge in [-0.2, -0.15) is 0 Å². The highest BCUT2D eigenvalue weighted by molar-refractivity contribution is 5.20. The third-order valence-corrected chi connectivity index (χ3v) is 5.70. The first-order valence-corrected chi connectivity index (χ1v) is 8.91. The maximum absolute atomic E-state index is 14.0. The van der Waals surface area contributed by atoms with E-state index in [9.17, 15) is 13.9 Å². The molecule has 1 atom stereocenters. The molecule has 2 aliphatic rings. The molecule has 128 valence electrons.